The van der Waals surface area contributed by atoms with Crippen LogP contribution in [0, 0.1) is 6.07 Å². The molecule has 4 nitrogen and oxygen atoms in total. The number of fused-ring (bicyclic) bond motifs is 1. The minimum absolute atomic E-state index is 0. The number of rotatable bonds is 7. The molecule has 0 amide bonds. The van der Waals surface area contributed by atoms with Crippen molar-refractivity contribution < 1.29 is 48.1 Å². The van der Waals surface area contributed by atoms with Gasteiger partial charge in [0.25, 0.3) is 0 Å². The molecule has 5 heteroatoms. The molecule has 0 radical (unpaired) electrons. The fourth-order valence-corrected chi connectivity index (χ4v) is 7.82. The summed E-state index contributed by atoms with van der Waals surface area (Å²) in [5, 5.41) is 11.6. The number of phenols is 1. The van der Waals surface area contributed by atoms with Crippen LogP contribution in [0.15, 0.2) is 170 Å². The monoisotopic (exact) mass is 1050 g/mol. The second kappa shape index (κ2) is 17.6. The summed E-state index contributed by atoms with van der Waals surface area (Å²) in [5.74, 6) is 0.415. The number of phenolic OH excluding ortho intramolecular Hbond substituents is 1. The second-order valence-electron chi connectivity index (χ2n) is 18.0. The van der Waals surface area contributed by atoms with Gasteiger partial charge < -0.3 is 5.11 Å². The number of pyridine rings is 1. The van der Waals surface area contributed by atoms with Crippen molar-refractivity contribution >= 4 is 11.0 Å². The standard InChI is InChI=1S/C60H56N3O.Pt/c1-58(2,3)46-26-22-40(23-27-46)42-32-33-61-52(37-42)45-35-43(39-16-11-10-12-17-39)34-44(36-45)50-19-15-20-53-56(50)62-57(51-18-13-14-21-55(51)64)63(53)54-38-48(60(7,8)9)30-31-49(54)41-24-28-47(29-25-41)59(4,5)6;/h10-35,37-38,64H,1-9H3;/q-1;/i1D3,2D3,3D3,22D,23D,26D,27D,32D,33D,37D;. The second-order valence-corrected chi connectivity index (χ2v) is 18.0. The van der Waals surface area contributed by atoms with E-state index in [2.05, 4.69) is 95.1 Å². The van der Waals surface area contributed by atoms with Crippen molar-refractivity contribution in [2.24, 2.45) is 0 Å². The zero-order chi connectivity index (χ0) is 58.6. The van der Waals surface area contributed by atoms with Gasteiger partial charge in [0.15, 0.2) is 0 Å². The van der Waals surface area contributed by atoms with E-state index in [0.717, 1.165) is 22.4 Å². The van der Waals surface area contributed by atoms with Crippen molar-refractivity contribution in [3.05, 3.63) is 193 Å². The van der Waals surface area contributed by atoms with Crippen molar-refractivity contribution in [2.75, 3.05) is 0 Å². The molecule has 0 saturated heterocycles. The number of aromatic nitrogens is 3. The predicted octanol–water partition coefficient (Wildman–Crippen LogP) is 15.8. The smallest absolute Gasteiger partial charge is 0.148 e. The Kier molecular flexibility index (Phi) is 7.90. The molecule has 65 heavy (non-hydrogen) atoms. The largest absolute Gasteiger partial charge is 0.507 e. The maximum Gasteiger partial charge on any atom is 0.148 e. The molecular formula is C60H56N3OPt-. The molecule has 0 bridgehead atoms. The Bertz CT molecular complexity index is 3850. The van der Waals surface area contributed by atoms with E-state index in [4.69, 9.17) is 22.8 Å². The van der Waals surface area contributed by atoms with Gasteiger partial charge in [-0.05, 0) is 85.5 Å². The van der Waals surface area contributed by atoms with Crippen LogP contribution >= 0.6 is 0 Å². The maximum absolute atomic E-state index is 11.6. The molecule has 0 unspecified atom stereocenters. The molecule has 2 aromatic heterocycles. The summed E-state index contributed by atoms with van der Waals surface area (Å²) >= 11 is 0. The number of hydrogen-bond donors (Lipinski definition) is 1. The van der Waals surface area contributed by atoms with Gasteiger partial charge in [-0.25, -0.2) is 4.98 Å². The molecule has 0 saturated carbocycles. The first-order valence-electron chi connectivity index (χ1n) is 29.0. The van der Waals surface area contributed by atoms with Gasteiger partial charge in [-0.15, -0.1) is 23.8 Å². The van der Waals surface area contributed by atoms with Crippen LogP contribution in [-0.2, 0) is 37.3 Å². The first-order chi connectivity index (χ1) is 37.2. The summed E-state index contributed by atoms with van der Waals surface area (Å²) in [7, 11) is 0. The molecule has 0 aliphatic carbocycles. The number of nitrogens with zero attached hydrogens (tertiary/aromatic N) is 3. The van der Waals surface area contributed by atoms with Crippen molar-refractivity contribution in [2.45, 2.75) is 78.3 Å². The van der Waals surface area contributed by atoms with Gasteiger partial charge in [0.1, 0.15) is 11.6 Å². The molecule has 2 heterocycles. The Morgan fingerprint density at radius 1 is 0.554 bits per heavy atom. The Labute approximate surface area is 421 Å². The van der Waals surface area contributed by atoms with Crippen LogP contribution in [0.4, 0.5) is 0 Å². The fraction of sp³-hybridized carbons (Fsp3) is 0.200. The van der Waals surface area contributed by atoms with E-state index in [9.17, 15) is 9.22 Å². The summed E-state index contributed by atoms with van der Waals surface area (Å²) in [4.78, 5) is 9.75. The van der Waals surface area contributed by atoms with Crippen molar-refractivity contribution in [3.8, 4) is 78.6 Å². The third-order valence-corrected chi connectivity index (χ3v) is 11.4. The molecule has 0 fully saturated rings. The van der Waals surface area contributed by atoms with E-state index in [0.29, 0.717) is 44.7 Å². The number of imidazole rings is 1. The third kappa shape index (κ3) is 9.15. The summed E-state index contributed by atoms with van der Waals surface area (Å²) in [6, 6.07) is 37.2. The van der Waals surface area contributed by atoms with E-state index < -0.39 is 85.1 Å². The zero-order valence-corrected chi connectivity index (χ0v) is 39.0. The molecule has 1 N–H and O–H groups in total. The molecule has 328 valence electrons. The first-order valence-corrected chi connectivity index (χ1v) is 21.0. The summed E-state index contributed by atoms with van der Waals surface area (Å²) in [5.41, 5.74) is 1.41. The van der Waals surface area contributed by atoms with Crippen molar-refractivity contribution in [1.82, 2.24) is 14.5 Å². The average Bonchev–Trinajstić information content (AvgIpc) is 3.89. The average molecular weight is 1050 g/mol. The maximum atomic E-state index is 11.6. The third-order valence-electron chi connectivity index (χ3n) is 11.4. The molecule has 9 aromatic rings. The normalized spacial score (nSPS) is 16.2. The molecule has 0 spiro atoms. The van der Waals surface area contributed by atoms with Gasteiger partial charge >= 0.3 is 0 Å². The van der Waals surface area contributed by atoms with Crippen molar-refractivity contribution in [3.63, 3.8) is 0 Å². The number of para-hydroxylation sites is 2. The van der Waals surface area contributed by atoms with Gasteiger partial charge in [0.05, 0.1) is 31.9 Å². The summed E-state index contributed by atoms with van der Waals surface area (Å²) < 4.78 is 141. The van der Waals surface area contributed by atoms with Crippen LogP contribution in [-0.4, -0.2) is 19.6 Å². The molecule has 0 atom stereocenters. The van der Waals surface area contributed by atoms with Crippen molar-refractivity contribution in [1.29, 1.82) is 0 Å². The first kappa shape index (κ1) is 29.2. The van der Waals surface area contributed by atoms with Crippen LogP contribution in [0.25, 0.3) is 83.9 Å². The summed E-state index contributed by atoms with van der Waals surface area (Å²) in [6.45, 7) is 1.10. The molecule has 9 rings (SSSR count). The topological polar surface area (TPSA) is 50.9 Å². The SMILES string of the molecule is [2H]c1nc(-c2[c-]c(-c3cccc4c3nc(-c3ccccc3O)n4-c3cc(C(C)(C)C)ccc3-c3ccc(C(C)(C)C)cc3)cc(-c3ccccc3)c2)c([2H])c(-c2c([2H])c([2H])c(C(C([2H])([2H])[2H])(C([2H])([2H])[2H])C([2H])([2H])[2H])c([2H])c2[2H])c1[2H].[Pt]. The minimum atomic E-state index is -3.93. The van der Waals surface area contributed by atoms with Gasteiger partial charge in [-0.1, -0.05) is 200 Å². The van der Waals surface area contributed by atoms with E-state index in [-0.39, 0.29) is 48.9 Å². The van der Waals surface area contributed by atoms with Crippen LogP contribution in [0.1, 0.15) is 101 Å². The predicted molar refractivity (Wildman–Crippen MR) is 268 cm³/mol. The Morgan fingerprint density at radius 3 is 1.91 bits per heavy atom. The van der Waals surface area contributed by atoms with Gasteiger partial charge in [0.2, 0.25) is 0 Å². The number of benzene rings is 7. The van der Waals surface area contributed by atoms with Gasteiger partial charge in [0, 0.05) is 50.8 Å². The van der Waals surface area contributed by atoms with Crippen LogP contribution in [0.2, 0.25) is 0 Å². The molecule has 7 aromatic carbocycles. The van der Waals surface area contributed by atoms with E-state index in [1.807, 2.05) is 65.2 Å². The number of aromatic hydroxyl groups is 1. The Balaban J connectivity index is 0.00000860. The van der Waals surface area contributed by atoms with E-state index in [1.54, 1.807) is 24.3 Å². The van der Waals surface area contributed by atoms with Crippen LogP contribution < -0.4 is 0 Å². The van der Waals surface area contributed by atoms with E-state index >= 15 is 0 Å². The minimum Gasteiger partial charge on any atom is -0.507 e. The molecular weight excluding hydrogens is 974 g/mol. The fourth-order valence-electron chi connectivity index (χ4n) is 7.82. The van der Waals surface area contributed by atoms with Gasteiger partial charge in [-0.2, -0.15) is 0 Å². The Hall–Kier alpha value is -6.35. The van der Waals surface area contributed by atoms with Crippen LogP contribution in [0.5, 0.6) is 5.75 Å². The zero-order valence-electron chi connectivity index (χ0n) is 52.7. The molecule has 0 aliphatic rings. The molecule has 0 aliphatic heterocycles. The van der Waals surface area contributed by atoms with E-state index in [1.165, 1.54) is 5.56 Å². The Morgan fingerprint density at radius 2 is 1.22 bits per heavy atom. The van der Waals surface area contributed by atoms with Crippen LogP contribution in [0.3, 0.4) is 0 Å². The summed E-state index contributed by atoms with van der Waals surface area (Å²) in [6.07, 6.45) is -0.761. The van der Waals surface area contributed by atoms with Gasteiger partial charge in [-0.3, -0.25) is 9.55 Å². The number of hydrogen-bond acceptors (Lipinski definition) is 3. The quantitative estimate of drug-likeness (QED) is 0.162.